The molecule has 0 fully saturated rings. The predicted molar refractivity (Wildman–Crippen MR) is 116 cm³/mol. The minimum atomic E-state index is -0.796. The van der Waals surface area contributed by atoms with Crippen molar-refractivity contribution in [3.8, 4) is 0 Å². The number of urea groups is 1. The molecule has 6 heteroatoms. The van der Waals surface area contributed by atoms with Crippen molar-refractivity contribution in [2.24, 2.45) is 11.7 Å². The summed E-state index contributed by atoms with van der Waals surface area (Å²) >= 11 is 1.55. The maximum atomic E-state index is 12.4. The van der Waals surface area contributed by atoms with E-state index in [1.807, 2.05) is 54.6 Å². The molecule has 0 radical (unpaired) electrons. The van der Waals surface area contributed by atoms with Crippen LogP contribution in [0.5, 0.6) is 0 Å². The number of fused-ring (bicyclic) bond motifs is 1. The van der Waals surface area contributed by atoms with Gasteiger partial charge in [0.25, 0.3) is 0 Å². The zero-order valence-corrected chi connectivity index (χ0v) is 17.7. The number of carbonyl (C=O) groups is 2. The molecule has 0 bridgehead atoms. The van der Waals surface area contributed by atoms with Crippen molar-refractivity contribution >= 4 is 33.4 Å². The van der Waals surface area contributed by atoms with E-state index in [1.54, 1.807) is 18.3 Å². The van der Waals surface area contributed by atoms with Crippen LogP contribution in [0.15, 0.2) is 54.6 Å². The van der Waals surface area contributed by atoms with Gasteiger partial charge < -0.3 is 10.6 Å². The minimum Gasteiger partial charge on any atom is -0.349 e. The first kappa shape index (κ1) is 20.9. The molecule has 2 amide bonds. The first-order valence-corrected chi connectivity index (χ1v) is 10.5. The molecule has 1 atom stereocenters. The van der Waals surface area contributed by atoms with Gasteiger partial charge in [-0.15, -0.1) is 16.4 Å². The fraction of sp³-hybridized carbons (Fsp3) is 0.304. The largest absolute Gasteiger partial charge is 0.349 e. The summed E-state index contributed by atoms with van der Waals surface area (Å²) in [7, 11) is 0. The fourth-order valence-electron chi connectivity index (χ4n) is 3.21. The molecule has 0 saturated heterocycles. The monoisotopic (exact) mass is 410 g/mol. The quantitative estimate of drug-likeness (QED) is 0.565. The van der Waals surface area contributed by atoms with Gasteiger partial charge in [0.15, 0.2) is 0 Å². The van der Waals surface area contributed by atoms with Gasteiger partial charge in [-0.25, -0.2) is 9.59 Å². The van der Waals surface area contributed by atoms with E-state index in [4.69, 9.17) is 10.6 Å². The maximum absolute atomic E-state index is 12.4. The molecule has 0 spiro atoms. The van der Waals surface area contributed by atoms with Crippen LogP contribution >= 0.6 is 11.3 Å². The van der Waals surface area contributed by atoms with E-state index in [2.05, 4.69) is 13.8 Å². The van der Waals surface area contributed by atoms with E-state index in [9.17, 15) is 9.59 Å². The third kappa shape index (κ3) is 5.35. The van der Waals surface area contributed by atoms with Gasteiger partial charge in [-0.3, -0.25) is 0 Å². The number of benzene rings is 2. The van der Waals surface area contributed by atoms with Gasteiger partial charge in [-0.2, -0.15) is 0 Å². The summed E-state index contributed by atoms with van der Waals surface area (Å²) in [5.74, 6) is 0.0544. The van der Waals surface area contributed by atoms with Crippen molar-refractivity contribution in [2.75, 3.05) is 0 Å². The zero-order chi connectivity index (χ0) is 21.0. The number of nitrogens with two attached hydrogens (primary N) is 1. The Morgan fingerprint density at radius 3 is 2.31 bits per heavy atom. The molecule has 1 heterocycles. The van der Waals surface area contributed by atoms with E-state index in [0.717, 1.165) is 32.0 Å². The van der Waals surface area contributed by atoms with Crippen LogP contribution in [0.25, 0.3) is 10.1 Å². The topological polar surface area (TPSA) is 72.6 Å². The molecular formula is C23H26N2O3S. The smallest absolute Gasteiger partial charge is 0.348 e. The van der Waals surface area contributed by atoms with E-state index in [0.29, 0.717) is 5.92 Å². The lowest BCUT2D eigenvalue weighted by Crippen LogP contribution is -2.39. The first-order valence-electron chi connectivity index (χ1n) is 9.69. The summed E-state index contributed by atoms with van der Waals surface area (Å²) < 4.78 is 1.10. The molecule has 0 aliphatic rings. The standard InChI is InChI=1S/C23H26N2O3S/c1-15(2)12-17-8-10-18(11-9-17)13-22(26)28-25(23(24)27)16(3)21-14-19-6-4-5-7-20(19)29-21/h4-11,14-16H,12-13H2,1-3H3,(H2,24,27). The van der Waals surface area contributed by atoms with Crippen LogP contribution in [0.2, 0.25) is 0 Å². The lowest BCUT2D eigenvalue weighted by molar-refractivity contribution is -0.182. The van der Waals surface area contributed by atoms with Crippen molar-refractivity contribution in [2.45, 2.75) is 39.7 Å². The molecule has 1 unspecified atom stereocenters. The number of amides is 2. The molecule has 0 saturated carbocycles. The molecule has 0 aliphatic heterocycles. The van der Waals surface area contributed by atoms with Gasteiger partial charge in [0.1, 0.15) is 6.04 Å². The molecule has 5 nitrogen and oxygen atoms in total. The number of hydroxylamine groups is 2. The zero-order valence-electron chi connectivity index (χ0n) is 16.9. The fourth-order valence-corrected chi connectivity index (χ4v) is 4.31. The third-order valence-corrected chi connectivity index (χ3v) is 5.93. The molecular weight excluding hydrogens is 384 g/mol. The summed E-state index contributed by atoms with van der Waals surface area (Å²) in [6.45, 7) is 6.13. The van der Waals surface area contributed by atoms with Gasteiger partial charge >= 0.3 is 12.0 Å². The van der Waals surface area contributed by atoms with Gasteiger partial charge in [0.05, 0.1) is 6.42 Å². The Morgan fingerprint density at radius 1 is 1.03 bits per heavy atom. The summed E-state index contributed by atoms with van der Waals surface area (Å²) in [6.07, 6.45) is 1.07. The minimum absolute atomic E-state index is 0.0743. The maximum Gasteiger partial charge on any atom is 0.348 e. The molecule has 152 valence electrons. The van der Waals surface area contributed by atoms with Crippen molar-refractivity contribution in [3.63, 3.8) is 0 Å². The van der Waals surface area contributed by atoms with Gasteiger partial charge in [0, 0.05) is 9.58 Å². The average Bonchev–Trinajstić information content (AvgIpc) is 3.11. The number of primary amides is 1. The average molecular weight is 411 g/mol. The Bertz CT molecular complexity index is 962. The number of hydrogen-bond acceptors (Lipinski definition) is 4. The van der Waals surface area contributed by atoms with Crippen LogP contribution in [0.4, 0.5) is 4.79 Å². The normalized spacial score (nSPS) is 12.1. The number of thiophene rings is 1. The SMILES string of the molecule is CC(C)Cc1ccc(CC(=O)ON(C(N)=O)C(C)c2cc3ccccc3s2)cc1. The summed E-state index contributed by atoms with van der Waals surface area (Å²) in [4.78, 5) is 30.6. The van der Waals surface area contributed by atoms with Crippen LogP contribution in [0, 0.1) is 5.92 Å². The Labute approximate surface area is 175 Å². The molecule has 3 rings (SSSR count). The van der Waals surface area contributed by atoms with E-state index < -0.39 is 18.0 Å². The lowest BCUT2D eigenvalue weighted by Gasteiger charge is -2.24. The number of hydrogen-bond donors (Lipinski definition) is 1. The first-order chi connectivity index (χ1) is 13.8. The number of carbonyl (C=O) groups excluding carboxylic acids is 2. The second kappa shape index (κ2) is 9.09. The highest BCUT2D eigenvalue weighted by molar-refractivity contribution is 7.19. The van der Waals surface area contributed by atoms with Crippen LogP contribution in [-0.4, -0.2) is 17.1 Å². The van der Waals surface area contributed by atoms with E-state index in [1.165, 1.54) is 5.56 Å². The van der Waals surface area contributed by atoms with Crippen molar-refractivity contribution < 1.29 is 14.4 Å². The third-order valence-electron chi connectivity index (χ3n) is 4.64. The van der Waals surface area contributed by atoms with Crippen LogP contribution < -0.4 is 5.73 Å². The summed E-state index contributed by atoms with van der Waals surface area (Å²) in [6, 6.07) is 16.5. The molecule has 2 N–H and O–H groups in total. The second-order valence-electron chi connectivity index (χ2n) is 7.58. The summed E-state index contributed by atoms with van der Waals surface area (Å²) in [5.41, 5.74) is 7.56. The highest BCUT2D eigenvalue weighted by Gasteiger charge is 2.25. The second-order valence-corrected chi connectivity index (χ2v) is 8.70. The highest BCUT2D eigenvalue weighted by Crippen LogP contribution is 2.32. The van der Waals surface area contributed by atoms with Crippen molar-refractivity contribution in [1.82, 2.24) is 5.06 Å². The highest BCUT2D eigenvalue weighted by atomic mass is 32.1. The van der Waals surface area contributed by atoms with Crippen LogP contribution in [-0.2, 0) is 22.5 Å². The Hall–Kier alpha value is -2.86. The van der Waals surface area contributed by atoms with Gasteiger partial charge in [0.2, 0.25) is 0 Å². The Morgan fingerprint density at radius 2 is 1.69 bits per heavy atom. The van der Waals surface area contributed by atoms with Crippen LogP contribution in [0.1, 0.15) is 42.8 Å². The van der Waals surface area contributed by atoms with Gasteiger partial charge in [-0.1, -0.05) is 56.3 Å². The Kier molecular flexibility index (Phi) is 6.54. The molecule has 3 aromatic rings. The van der Waals surface area contributed by atoms with Crippen molar-refractivity contribution in [3.05, 3.63) is 70.6 Å². The van der Waals surface area contributed by atoms with E-state index >= 15 is 0 Å². The summed E-state index contributed by atoms with van der Waals surface area (Å²) in [5, 5.41) is 2.04. The molecule has 2 aromatic carbocycles. The van der Waals surface area contributed by atoms with Gasteiger partial charge in [-0.05, 0) is 47.9 Å². The lowest BCUT2D eigenvalue weighted by atomic mass is 10.0. The number of rotatable bonds is 6. The molecule has 0 aliphatic carbocycles. The van der Waals surface area contributed by atoms with Crippen LogP contribution in [0.3, 0.4) is 0 Å². The van der Waals surface area contributed by atoms with Crippen molar-refractivity contribution in [1.29, 1.82) is 0 Å². The number of nitrogens with zero attached hydrogens (tertiary/aromatic N) is 1. The Balaban J connectivity index is 1.67. The molecule has 29 heavy (non-hydrogen) atoms. The molecule has 1 aromatic heterocycles. The van der Waals surface area contributed by atoms with E-state index in [-0.39, 0.29) is 6.42 Å². The predicted octanol–water partition coefficient (Wildman–Crippen LogP) is 5.24.